The van der Waals surface area contributed by atoms with Gasteiger partial charge in [-0.2, -0.15) is 8.78 Å². The monoisotopic (exact) mass is 367 g/mol. The first-order valence-corrected chi connectivity index (χ1v) is 8.10. The van der Waals surface area contributed by atoms with E-state index in [0.29, 0.717) is 5.56 Å². The molecule has 3 rings (SSSR count). The lowest BCUT2D eigenvalue weighted by Gasteiger charge is -2.09. The molecule has 0 unspecified atom stereocenters. The number of carbonyl (C=O) groups is 2. The second-order valence-electron chi connectivity index (χ2n) is 5.84. The van der Waals surface area contributed by atoms with Crippen molar-refractivity contribution in [2.45, 2.75) is 13.5 Å². The molecule has 4 nitrogen and oxygen atoms in total. The molecule has 0 spiro atoms. The molecule has 27 heavy (non-hydrogen) atoms. The fraction of sp³-hybridized carbons (Fsp3) is 0.0952. The largest absolute Gasteiger partial charge is 0.435 e. The van der Waals surface area contributed by atoms with Crippen molar-refractivity contribution in [1.82, 2.24) is 4.98 Å². The number of hydrogen-bond acceptors (Lipinski definition) is 4. The highest BCUT2D eigenvalue weighted by atomic mass is 19.3. The zero-order valence-corrected chi connectivity index (χ0v) is 14.4. The third kappa shape index (κ3) is 4.23. The molecule has 0 aliphatic carbocycles. The molecular weight excluding hydrogens is 352 g/mol. The Labute approximate surface area is 154 Å². The topological polar surface area (TPSA) is 56.3 Å². The Morgan fingerprint density at radius 3 is 2.26 bits per heavy atom. The van der Waals surface area contributed by atoms with Gasteiger partial charge in [0.1, 0.15) is 5.75 Å². The van der Waals surface area contributed by atoms with Crippen molar-refractivity contribution in [2.75, 3.05) is 0 Å². The molecule has 0 aliphatic rings. The molecule has 0 aliphatic heterocycles. The molecule has 0 amide bonds. The van der Waals surface area contributed by atoms with Crippen molar-refractivity contribution in [2.24, 2.45) is 0 Å². The van der Waals surface area contributed by atoms with E-state index in [0.717, 1.165) is 11.1 Å². The van der Waals surface area contributed by atoms with Crippen LogP contribution in [0.5, 0.6) is 5.75 Å². The minimum atomic E-state index is -2.96. The SMILES string of the molecule is Cc1cc(C(=O)C(=O)c2cccc(-c3cccnc3)c2)ccc1OC(F)F. The molecule has 0 radical (unpaired) electrons. The van der Waals surface area contributed by atoms with Gasteiger partial charge in [-0.1, -0.05) is 24.3 Å². The van der Waals surface area contributed by atoms with E-state index < -0.39 is 18.2 Å². The van der Waals surface area contributed by atoms with E-state index in [1.807, 2.05) is 12.1 Å². The zero-order valence-electron chi connectivity index (χ0n) is 14.4. The number of hydrogen-bond donors (Lipinski definition) is 0. The summed E-state index contributed by atoms with van der Waals surface area (Å²) in [6.07, 6.45) is 3.31. The highest BCUT2D eigenvalue weighted by Gasteiger charge is 2.20. The van der Waals surface area contributed by atoms with Crippen molar-refractivity contribution in [3.8, 4) is 16.9 Å². The number of halogens is 2. The predicted molar refractivity (Wildman–Crippen MR) is 96.1 cm³/mol. The molecule has 0 N–H and O–H groups in total. The minimum Gasteiger partial charge on any atom is -0.435 e. The maximum atomic E-state index is 12.6. The van der Waals surface area contributed by atoms with Gasteiger partial charge in [-0.25, -0.2) is 0 Å². The van der Waals surface area contributed by atoms with E-state index in [9.17, 15) is 18.4 Å². The van der Waals surface area contributed by atoms with E-state index in [1.54, 1.807) is 36.7 Å². The van der Waals surface area contributed by atoms with Crippen molar-refractivity contribution in [3.63, 3.8) is 0 Å². The average Bonchev–Trinajstić information content (AvgIpc) is 2.69. The quantitative estimate of drug-likeness (QED) is 0.467. The number of Topliss-reactive ketones (excluding diaryl/α,β-unsaturated/α-hetero) is 2. The Hall–Kier alpha value is -3.41. The molecular formula is C21H15F2NO3. The van der Waals surface area contributed by atoms with E-state index in [4.69, 9.17) is 0 Å². The van der Waals surface area contributed by atoms with Crippen LogP contribution in [-0.2, 0) is 0 Å². The third-order valence-corrected chi connectivity index (χ3v) is 3.98. The van der Waals surface area contributed by atoms with Gasteiger partial charge < -0.3 is 4.74 Å². The summed E-state index contributed by atoms with van der Waals surface area (Å²) in [5.41, 5.74) is 2.29. The molecule has 3 aromatic rings. The number of nitrogens with zero attached hydrogens (tertiary/aromatic N) is 1. The number of benzene rings is 2. The highest BCUT2D eigenvalue weighted by Crippen LogP contribution is 2.23. The summed E-state index contributed by atoms with van der Waals surface area (Å²) in [4.78, 5) is 29.2. The average molecular weight is 367 g/mol. The lowest BCUT2D eigenvalue weighted by molar-refractivity contribution is -0.0502. The van der Waals surface area contributed by atoms with Crippen LogP contribution in [0, 0.1) is 6.92 Å². The number of aryl methyl sites for hydroxylation is 1. The van der Waals surface area contributed by atoms with Crippen molar-refractivity contribution >= 4 is 11.6 Å². The van der Waals surface area contributed by atoms with E-state index in [2.05, 4.69) is 9.72 Å². The Morgan fingerprint density at radius 2 is 1.63 bits per heavy atom. The number of ether oxygens (including phenoxy) is 1. The lowest BCUT2D eigenvalue weighted by atomic mass is 9.97. The number of pyridine rings is 1. The number of carbonyl (C=O) groups excluding carboxylic acids is 2. The van der Waals surface area contributed by atoms with Crippen LogP contribution in [0.1, 0.15) is 26.3 Å². The summed E-state index contributed by atoms with van der Waals surface area (Å²) >= 11 is 0. The van der Waals surface area contributed by atoms with E-state index in [-0.39, 0.29) is 16.9 Å². The second kappa shape index (κ2) is 7.86. The molecule has 6 heteroatoms. The molecule has 0 bridgehead atoms. The van der Waals surface area contributed by atoms with Gasteiger partial charge in [0.15, 0.2) is 0 Å². The van der Waals surface area contributed by atoms with Crippen LogP contribution in [0.4, 0.5) is 8.78 Å². The van der Waals surface area contributed by atoms with Gasteiger partial charge in [0.2, 0.25) is 11.6 Å². The molecule has 0 fully saturated rings. The number of aromatic nitrogens is 1. The van der Waals surface area contributed by atoms with Crippen LogP contribution >= 0.6 is 0 Å². The fourth-order valence-corrected chi connectivity index (χ4v) is 2.65. The molecule has 136 valence electrons. The van der Waals surface area contributed by atoms with Gasteiger partial charge in [0.05, 0.1) is 0 Å². The molecule has 0 saturated carbocycles. The van der Waals surface area contributed by atoms with Crippen LogP contribution in [0.3, 0.4) is 0 Å². The standard InChI is InChI=1S/C21H15F2NO3/c1-13-10-16(7-8-18(13)27-21(22)23)20(26)19(25)15-5-2-4-14(11-15)17-6-3-9-24-12-17/h2-12,21H,1H3. The van der Waals surface area contributed by atoms with Crippen LogP contribution in [-0.4, -0.2) is 23.2 Å². The molecule has 1 aromatic heterocycles. The lowest BCUT2D eigenvalue weighted by Crippen LogP contribution is -2.15. The number of rotatable bonds is 6. The fourth-order valence-electron chi connectivity index (χ4n) is 2.65. The van der Waals surface area contributed by atoms with Gasteiger partial charge in [0.25, 0.3) is 0 Å². The normalized spacial score (nSPS) is 10.7. The highest BCUT2D eigenvalue weighted by molar-refractivity contribution is 6.49. The molecule has 0 atom stereocenters. The number of alkyl halides is 2. The Balaban J connectivity index is 1.86. The van der Waals surface area contributed by atoms with Crippen LogP contribution in [0.25, 0.3) is 11.1 Å². The molecule has 2 aromatic carbocycles. The maximum Gasteiger partial charge on any atom is 0.387 e. The van der Waals surface area contributed by atoms with Gasteiger partial charge in [-0.05, 0) is 48.4 Å². The Morgan fingerprint density at radius 1 is 0.926 bits per heavy atom. The Kier molecular flexibility index (Phi) is 5.35. The van der Waals surface area contributed by atoms with Crippen LogP contribution in [0.2, 0.25) is 0 Å². The van der Waals surface area contributed by atoms with Gasteiger partial charge >= 0.3 is 6.61 Å². The van der Waals surface area contributed by atoms with E-state index in [1.165, 1.54) is 25.1 Å². The molecule has 0 saturated heterocycles. The third-order valence-electron chi connectivity index (χ3n) is 3.98. The summed E-state index contributed by atoms with van der Waals surface area (Å²) in [7, 11) is 0. The smallest absolute Gasteiger partial charge is 0.387 e. The number of ketones is 2. The van der Waals surface area contributed by atoms with E-state index >= 15 is 0 Å². The van der Waals surface area contributed by atoms with Crippen LogP contribution < -0.4 is 4.74 Å². The summed E-state index contributed by atoms with van der Waals surface area (Å²) < 4.78 is 29.0. The first kappa shape index (κ1) is 18.4. The first-order valence-electron chi connectivity index (χ1n) is 8.10. The van der Waals surface area contributed by atoms with Crippen molar-refractivity contribution in [3.05, 3.63) is 83.7 Å². The zero-order chi connectivity index (χ0) is 19.4. The second-order valence-corrected chi connectivity index (χ2v) is 5.84. The Bertz CT molecular complexity index is 988. The summed E-state index contributed by atoms with van der Waals surface area (Å²) in [5, 5.41) is 0. The summed E-state index contributed by atoms with van der Waals surface area (Å²) in [5.74, 6) is -1.43. The predicted octanol–water partition coefficient (Wildman–Crippen LogP) is 4.72. The van der Waals surface area contributed by atoms with Gasteiger partial charge in [-0.15, -0.1) is 0 Å². The molecule has 1 heterocycles. The maximum absolute atomic E-state index is 12.6. The summed E-state index contributed by atoms with van der Waals surface area (Å²) in [6, 6.07) is 14.2. The van der Waals surface area contributed by atoms with Gasteiger partial charge in [0, 0.05) is 29.1 Å². The van der Waals surface area contributed by atoms with Gasteiger partial charge in [-0.3, -0.25) is 14.6 Å². The minimum absolute atomic E-state index is 0.0347. The van der Waals surface area contributed by atoms with Crippen LogP contribution in [0.15, 0.2) is 67.0 Å². The first-order chi connectivity index (χ1) is 13.0. The van der Waals surface area contributed by atoms with Crippen molar-refractivity contribution < 1.29 is 23.1 Å². The van der Waals surface area contributed by atoms with Crippen molar-refractivity contribution in [1.29, 1.82) is 0 Å². The summed E-state index contributed by atoms with van der Waals surface area (Å²) in [6.45, 7) is -1.43.